The molecule has 0 saturated carbocycles. The molecular weight excluding hydrogens is 606 g/mol. The number of methoxy groups -OCH3 is 2. The second-order valence-electron chi connectivity index (χ2n) is 9.57. The van der Waals surface area contributed by atoms with Gasteiger partial charge in [0.05, 0.1) is 32.1 Å². The molecule has 0 bridgehead atoms. The number of anilines is 2. The zero-order chi connectivity index (χ0) is 32.9. The molecule has 0 aliphatic carbocycles. The highest BCUT2D eigenvalue weighted by Crippen LogP contribution is 2.32. The van der Waals surface area contributed by atoms with Crippen LogP contribution < -0.4 is 25.4 Å². The Morgan fingerprint density at radius 1 is 0.739 bits per heavy atom. The molecule has 0 spiro atoms. The Hall–Kier alpha value is -5.55. The highest BCUT2D eigenvalue weighted by atomic mass is 32.2. The van der Waals surface area contributed by atoms with Crippen LogP contribution in [0.25, 0.3) is 6.08 Å². The lowest BCUT2D eigenvalue weighted by atomic mass is 10.1. The lowest BCUT2D eigenvalue weighted by Crippen LogP contribution is -2.30. The van der Waals surface area contributed by atoms with E-state index in [0.717, 1.165) is 4.90 Å². The molecule has 46 heavy (non-hydrogen) atoms. The number of ether oxygens (including phenoxy) is 3. The number of rotatable bonds is 13. The fraction of sp³-hybridized carbons (Fsp3) is 0.143. The van der Waals surface area contributed by atoms with Crippen molar-refractivity contribution < 1.29 is 33.4 Å². The molecular formula is C35H33N3O7S. The van der Waals surface area contributed by atoms with E-state index in [0.29, 0.717) is 39.6 Å². The van der Waals surface area contributed by atoms with Gasteiger partial charge in [-0.15, -0.1) is 11.8 Å². The molecule has 3 amide bonds. The summed E-state index contributed by atoms with van der Waals surface area (Å²) in [5.41, 5.74) is 2.36. The van der Waals surface area contributed by atoms with E-state index >= 15 is 0 Å². The van der Waals surface area contributed by atoms with Crippen LogP contribution in [-0.2, 0) is 14.3 Å². The van der Waals surface area contributed by atoms with Gasteiger partial charge in [0.25, 0.3) is 11.8 Å². The van der Waals surface area contributed by atoms with E-state index in [1.807, 2.05) is 0 Å². The first-order chi connectivity index (χ1) is 22.3. The molecule has 3 N–H and O–H groups in total. The second-order valence-corrected chi connectivity index (χ2v) is 10.6. The number of carbonyl (C=O) groups is 4. The smallest absolute Gasteiger partial charge is 0.338 e. The molecule has 10 nitrogen and oxygen atoms in total. The van der Waals surface area contributed by atoms with Crippen molar-refractivity contribution in [1.29, 1.82) is 0 Å². The van der Waals surface area contributed by atoms with Crippen LogP contribution in [0.4, 0.5) is 11.4 Å². The minimum Gasteiger partial charge on any atom is -0.493 e. The Morgan fingerprint density at radius 3 is 2.07 bits per heavy atom. The molecule has 4 rings (SSSR count). The maximum atomic E-state index is 13.5. The van der Waals surface area contributed by atoms with Crippen molar-refractivity contribution in [2.75, 3.05) is 37.2 Å². The number of esters is 1. The number of nitrogens with one attached hydrogen (secondary N) is 3. The quantitative estimate of drug-likeness (QED) is 0.0920. The van der Waals surface area contributed by atoms with Crippen LogP contribution in [0.5, 0.6) is 11.5 Å². The first-order valence-electron chi connectivity index (χ1n) is 14.2. The molecule has 0 unspecified atom stereocenters. The lowest BCUT2D eigenvalue weighted by molar-refractivity contribution is -0.114. The van der Waals surface area contributed by atoms with E-state index in [2.05, 4.69) is 16.0 Å². The van der Waals surface area contributed by atoms with E-state index in [1.165, 1.54) is 32.1 Å². The van der Waals surface area contributed by atoms with Crippen LogP contribution in [0, 0.1) is 0 Å². The number of thioether (sulfide) groups is 1. The van der Waals surface area contributed by atoms with Gasteiger partial charge in [-0.05, 0) is 79.7 Å². The summed E-state index contributed by atoms with van der Waals surface area (Å²) in [4.78, 5) is 51.5. The van der Waals surface area contributed by atoms with Crippen LogP contribution in [0.1, 0.15) is 33.2 Å². The van der Waals surface area contributed by atoms with Gasteiger partial charge in [-0.25, -0.2) is 4.79 Å². The zero-order valence-corrected chi connectivity index (χ0v) is 26.3. The van der Waals surface area contributed by atoms with E-state index < -0.39 is 17.8 Å². The van der Waals surface area contributed by atoms with Gasteiger partial charge in [-0.3, -0.25) is 14.4 Å². The third kappa shape index (κ3) is 9.23. The van der Waals surface area contributed by atoms with Crippen molar-refractivity contribution in [3.05, 3.63) is 119 Å². The van der Waals surface area contributed by atoms with E-state index in [9.17, 15) is 19.2 Å². The van der Waals surface area contributed by atoms with Crippen molar-refractivity contribution in [2.24, 2.45) is 0 Å². The van der Waals surface area contributed by atoms with Gasteiger partial charge in [0.1, 0.15) is 5.70 Å². The van der Waals surface area contributed by atoms with Crippen molar-refractivity contribution in [3.8, 4) is 11.5 Å². The fourth-order valence-electron chi connectivity index (χ4n) is 4.21. The van der Waals surface area contributed by atoms with Crippen LogP contribution in [0.2, 0.25) is 0 Å². The number of hydrogen-bond donors (Lipinski definition) is 3. The molecule has 0 atom stereocenters. The predicted octanol–water partition coefficient (Wildman–Crippen LogP) is 6.02. The number of hydrogen-bond acceptors (Lipinski definition) is 8. The summed E-state index contributed by atoms with van der Waals surface area (Å²) in [5, 5.41) is 8.32. The molecule has 0 aromatic heterocycles. The van der Waals surface area contributed by atoms with E-state index in [4.69, 9.17) is 14.2 Å². The fourth-order valence-corrected chi connectivity index (χ4v) is 4.90. The Kier molecular flexibility index (Phi) is 12.0. The largest absolute Gasteiger partial charge is 0.493 e. The van der Waals surface area contributed by atoms with Crippen molar-refractivity contribution >= 4 is 52.9 Å². The maximum absolute atomic E-state index is 13.5. The first kappa shape index (κ1) is 33.3. The Morgan fingerprint density at radius 2 is 1.41 bits per heavy atom. The van der Waals surface area contributed by atoms with Gasteiger partial charge in [-0.2, -0.15) is 0 Å². The number of carbonyl (C=O) groups excluding carboxylic acids is 4. The summed E-state index contributed by atoms with van der Waals surface area (Å²) in [7, 11) is 3.00. The topological polar surface area (TPSA) is 132 Å². The second kappa shape index (κ2) is 16.5. The molecule has 0 radical (unpaired) electrons. The molecule has 0 aliphatic heterocycles. The van der Waals surface area contributed by atoms with Gasteiger partial charge < -0.3 is 30.2 Å². The normalized spacial score (nSPS) is 10.8. The molecule has 0 aliphatic rings. The van der Waals surface area contributed by atoms with Crippen LogP contribution in [0.3, 0.4) is 0 Å². The van der Waals surface area contributed by atoms with Crippen molar-refractivity contribution in [1.82, 2.24) is 5.32 Å². The minimum absolute atomic E-state index is 0.00850. The predicted molar refractivity (Wildman–Crippen MR) is 178 cm³/mol. The van der Waals surface area contributed by atoms with Gasteiger partial charge in [-0.1, -0.05) is 30.3 Å². The summed E-state index contributed by atoms with van der Waals surface area (Å²) >= 11 is 1.32. The maximum Gasteiger partial charge on any atom is 0.338 e. The Labute approximate surface area is 271 Å². The molecule has 4 aromatic carbocycles. The summed E-state index contributed by atoms with van der Waals surface area (Å²) in [6, 6.07) is 27.2. The van der Waals surface area contributed by atoms with Crippen LogP contribution in [0.15, 0.2) is 108 Å². The van der Waals surface area contributed by atoms with Gasteiger partial charge in [0.2, 0.25) is 5.91 Å². The third-order valence-electron chi connectivity index (χ3n) is 6.42. The minimum atomic E-state index is -0.553. The van der Waals surface area contributed by atoms with E-state index in [-0.39, 0.29) is 24.0 Å². The summed E-state index contributed by atoms with van der Waals surface area (Å²) in [5.74, 6) is -0.624. The van der Waals surface area contributed by atoms with Crippen molar-refractivity contribution in [2.45, 2.75) is 11.8 Å². The lowest BCUT2D eigenvalue weighted by Gasteiger charge is -2.14. The standard InChI is InChI=1S/C35H33N3O7S/c1-4-45-35(42)24-13-15-26(16-14-24)36-31(39)22-46-28-19-17-27(18-20-28)37-34(41)29(38-33(40)23-9-6-5-7-10-23)21-25-11-8-12-30(43-2)32(25)44-3/h5-21H,4,22H2,1-3H3,(H,36,39)(H,37,41)(H,38,40)/b29-21-. The highest BCUT2D eigenvalue weighted by molar-refractivity contribution is 8.00. The first-order valence-corrected chi connectivity index (χ1v) is 15.2. The summed E-state index contributed by atoms with van der Waals surface area (Å²) < 4.78 is 15.8. The average Bonchev–Trinajstić information content (AvgIpc) is 3.08. The van der Waals surface area contributed by atoms with Crippen LogP contribution >= 0.6 is 11.8 Å². The molecule has 4 aromatic rings. The molecule has 236 valence electrons. The number of benzene rings is 4. The SMILES string of the molecule is CCOC(=O)c1ccc(NC(=O)CSc2ccc(NC(=O)/C(=C/c3cccc(OC)c3OC)NC(=O)c3ccccc3)cc2)cc1. The van der Waals surface area contributed by atoms with Crippen molar-refractivity contribution in [3.63, 3.8) is 0 Å². The monoisotopic (exact) mass is 639 g/mol. The number of para-hydroxylation sites is 1. The molecule has 0 heterocycles. The zero-order valence-electron chi connectivity index (χ0n) is 25.5. The van der Waals surface area contributed by atoms with E-state index in [1.54, 1.807) is 104 Å². The van der Waals surface area contributed by atoms with Gasteiger partial charge in [0.15, 0.2) is 11.5 Å². The molecule has 11 heteroatoms. The van der Waals surface area contributed by atoms with Gasteiger partial charge >= 0.3 is 5.97 Å². The van der Waals surface area contributed by atoms with Gasteiger partial charge in [0, 0.05) is 27.4 Å². The third-order valence-corrected chi connectivity index (χ3v) is 7.44. The highest BCUT2D eigenvalue weighted by Gasteiger charge is 2.17. The molecule has 0 fully saturated rings. The Bertz CT molecular complexity index is 1710. The molecule has 0 saturated heterocycles. The Balaban J connectivity index is 1.41. The number of amides is 3. The summed E-state index contributed by atoms with van der Waals surface area (Å²) in [6.45, 7) is 2.02. The average molecular weight is 640 g/mol. The summed E-state index contributed by atoms with van der Waals surface area (Å²) in [6.07, 6.45) is 1.52. The van der Waals surface area contributed by atoms with Crippen LogP contribution in [-0.4, -0.2) is 50.3 Å².